The number of nitrogens with one attached hydrogen (secondary N) is 1. The van der Waals surface area contributed by atoms with Gasteiger partial charge in [0, 0.05) is 44.9 Å². The highest BCUT2D eigenvalue weighted by atomic mass is 127. The highest BCUT2D eigenvalue weighted by Gasteiger charge is 2.42. The van der Waals surface area contributed by atoms with E-state index in [1.54, 1.807) is 0 Å². The number of nitrogens with zero attached hydrogens (tertiary/aromatic N) is 3. The van der Waals surface area contributed by atoms with Crippen molar-refractivity contribution in [1.29, 1.82) is 0 Å². The van der Waals surface area contributed by atoms with Crippen LogP contribution >= 0.6 is 35.6 Å². The fourth-order valence-electron chi connectivity index (χ4n) is 3.29. The van der Waals surface area contributed by atoms with Crippen LogP contribution in [0.3, 0.4) is 0 Å². The maximum Gasteiger partial charge on any atom is 0.193 e. The third-order valence-electron chi connectivity index (χ3n) is 4.62. The van der Waals surface area contributed by atoms with E-state index < -0.39 is 0 Å². The monoisotopic (exact) mass is 450 g/mol. The normalized spacial score (nSPS) is 24.1. The molecule has 0 saturated carbocycles. The van der Waals surface area contributed by atoms with Gasteiger partial charge in [0.15, 0.2) is 5.96 Å². The van der Waals surface area contributed by atoms with E-state index in [1.807, 2.05) is 25.4 Å². The molecule has 1 unspecified atom stereocenters. The third-order valence-corrected chi connectivity index (χ3v) is 4.84. The predicted molar refractivity (Wildman–Crippen MR) is 104 cm³/mol. The Labute approximate surface area is 159 Å². The van der Waals surface area contributed by atoms with Crippen molar-refractivity contribution < 1.29 is 4.74 Å². The van der Waals surface area contributed by atoms with E-state index in [0.717, 1.165) is 45.2 Å². The van der Waals surface area contributed by atoms with Gasteiger partial charge in [-0.05, 0) is 30.9 Å². The molecule has 0 aromatic carbocycles. The Morgan fingerprint density at radius 3 is 3.00 bits per heavy atom. The number of ether oxygens (including phenoxy) is 1. The number of pyridine rings is 1. The largest absolute Gasteiger partial charge is 0.381 e. The summed E-state index contributed by atoms with van der Waals surface area (Å²) in [4.78, 5) is 10.9. The zero-order valence-electron chi connectivity index (χ0n) is 13.4. The van der Waals surface area contributed by atoms with E-state index in [4.69, 9.17) is 16.3 Å². The van der Waals surface area contributed by atoms with Gasteiger partial charge in [0.2, 0.25) is 0 Å². The Hall–Kier alpha value is -0.600. The average Bonchev–Trinajstić information content (AvgIpc) is 3.16. The second kappa shape index (κ2) is 8.48. The lowest BCUT2D eigenvalue weighted by atomic mass is 9.87. The molecule has 7 heteroatoms. The first-order valence-corrected chi connectivity index (χ1v) is 8.22. The van der Waals surface area contributed by atoms with Crippen molar-refractivity contribution in [3.05, 3.63) is 29.0 Å². The van der Waals surface area contributed by atoms with Crippen LogP contribution in [0.1, 0.15) is 18.4 Å². The van der Waals surface area contributed by atoms with E-state index in [1.165, 1.54) is 18.4 Å². The lowest BCUT2D eigenvalue weighted by Crippen LogP contribution is -2.42. The number of halogens is 2. The molecule has 2 aliphatic rings. The molecular formula is C16H24ClIN4O. The van der Waals surface area contributed by atoms with Gasteiger partial charge >= 0.3 is 0 Å². The molecule has 1 atom stereocenters. The minimum absolute atomic E-state index is 0. The first-order valence-electron chi connectivity index (χ1n) is 7.85. The summed E-state index contributed by atoms with van der Waals surface area (Å²) < 4.78 is 5.59. The van der Waals surface area contributed by atoms with Crippen LogP contribution in [-0.4, -0.2) is 55.7 Å². The van der Waals surface area contributed by atoms with Crippen LogP contribution in [0.5, 0.6) is 0 Å². The van der Waals surface area contributed by atoms with Crippen LogP contribution in [-0.2, 0) is 11.2 Å². The maximum atomic E-state index is 5.80. The lowest BCUT2D eigenvalue weighted by Gasteiger charge is -2.24. The Morgan fingerprint density at radius 1 is 1.48 bits per heavy atom. The van der Waals surface area contributed by atoms with Crippen LogP contribution in [0.4, 0.5) is 0 Å². The third kappa shape index (κ3) is 4.70. The SMILES string of the molecule is CN=C(NCCc1ccc(Cl)nc1)N1CCC2(CCOC2)C1.I. The molecule has 0 radical (unpaired) electrons. The molecular weight excluding hydrogens is 427 g/mol. The number of rotatable bonds is 3. The second-order valence-electron chi connectivity index (χ2n) is 6.19. The van der Waals surface area contributed by atoms with Crippen molar-refractivity contribution >= 4 is 41.5 Å². The smallest absolute Gasteiger partial charge is 0.193 e. The lowest BCUT2D eigenvalue weighted by molar-refractivity contribution is 0.156. The number of hydrogen-bond donors (Lipinski definition) is 1. The fourth-order valence-corrected chi connectivity index (χ4v) is 3.40. The Bertz CT molecular complexity index is 531. The summed E-state index contributed by atoms with van der Waals surface area (Å²) in [5, 5.41) is 3.99. The topological polar surface area (TPSA) is 49.8 Å². The molecule has 23 heavy (non-hydrogen) atoms. The molecule has 0 aliphatic carbocycles. The molecule has 2 aliphatic heterocycles. The minimum atomic E-state index is 0. The van der Waals surface area contributed by atoms with Crippen molar-refractivity contribution in [2.45, 2.75) is 19.3 Å². The van der Waals surface area contributed by atoms with Gasteiger partial charge in [-0.1, -0.05) is 17.7 Å². The highest BCUT2D eigenvalue weighted by molar-refractivity contribution is 14.0. The van der Waals surface area contributed by atoms with Crippen LogP contribution < -0.4 is 5.32 Å². The van der Waals surface area contributed by atoms with E-state index in [2.05, 4.69) is 20.2 Å². The molecule has 0 bridgehead atoms. The van der Waals surface area contributed by atoms with Gasteiger partial charge in [0.25, 0.3) is 0 Å². The van der Waals surface area contributed by atoms with Crippen molar-refractivity contribution in [1.82, 2.24) is 15.2 Å². The van der Waals surface area contributed by atoms with Gasteiger partial charge in [0.1, 0.15) is 5.15 Å². The second-order valence-corrected chi connectivity index (χ2v) is 6.57. The van der Waals surface area contributed by atoms with Gasteiger partial charge < -0.3 is 15.0 Å². The standard InChI is InChI=1S/C16H23ClN4O.HI/c1-18-15(19-7-4-13-2-3-14(17)20-10-13)21-8-5-16(11-21)6-9-22-12-16;/h2-3,10H,4-9,11-12H2,1H3,(H,18,19);1H. The van der Waals surface area contributed by atoms with E-state index in [-0.39, 0.29) is 24.0 Å². The van der Waals surface area contributed by atoms with Crippen molar-refractivity contribution in [2.75, 3.05) is 39.9 Å². The molecule has 5 nitrogen and oxygen atoms in total. The number of hydrogen-bond acceptors (Lipinski definition) is 3. The summed E-state index contributed by atoms with van der Waals surface area (Å²) >= 11 is 5.80. The quantitative estimate of drug-likeness (QED) is 0.333. The molecule has 1 N–H and O–H groups in total. The summed E-state index contributed by atoms with van der Waals surface area (Å²) in [5.41, 5.74) is 1.53. The zero-order valence-corrected chi connectivity index (χ0v) is 16.5. The summed E-state index contributed by atoms with van der Waals surface area (Å²) in [7, 11) is 1.85. The van der Waals surface area contributed by atoms with E-state index >= 15 is 0 Å². The Balaban J connectivity index is 0.00000192. The van der Waals surface area contributed by atoms with Crippen LogP contribution in [0.15, 0.2) is 23.3 Å². The molecule has 2 fully saturated rings. The number of aromatic nitrogens is 1. The summed E-state index contributed by atoms with van der Waals surface area (Å²) in [5.74, 6) is 0.991. The molecule has 1 spiro atoms. The predicted octanol–water partition coefficient (Wildman–Crippen LogP) is 2.58. The minimum Gasteiger partial charge on any atom is -0.381 e. The molecule has 3 rings (SSSR count). The van der Waals surface area contributed by atoms with Crippen molar-refractivity contribution in [3.63, 3.8) is 0 Å². The zero-order chi connectivity index (χ0) is 15.4. The number of guanidine groups is 1. The van der Waals surface area contributed by atoms with Crippen LogP contribution in [0.25, 0.3) is 0 Å². The Kier molecular flexibility index (Phi) is 6.91. The average molecular weight is 451 g/mol. The summed E-state index contributed by atoms with van der Waals surface area (Å²) in [6.07, 6.45) is 5.12. The number of aliphatic imine (C=N–C) groups is 1. The Morgan fingerprint density at radius 2 is 2.35 bits per heavy atom. The molecule has 128 valence electrons. The summed E-state index contributed by atoms with van der Waals surface area (Å²) in [6, 6.07) is 3.84. The van der Waals surface area contributed by atoms with Crippen LogP contribution in [0, 0.1) is 5.41 Å². The van der Waals surface area contributed by atoms with Gasteiger partial charge in [-0.25, -0.2) is 4.98 Å². The fraction of sp³-hybridized carbons (Fsp3) is 0.625. The van der Waals surface area contributed by atoms with Crippen molar-refractivity contribution in [3.8, 4) is 0 Å². The molecule has 3 heterocycles. The highest BCUT2D eigenvalue weighted by Crippen LogP contribution is 2.38. The van der Waals surface area contributed by atoms with Crippen LogP contribution in [0.2, 0.25) is 5.15 Å². The summed E-state index contributed by atoms with van der Waals surface area (Å²) in [6.45, 7) is 4.76. The van der Waals surface area contributed by atoms with Crippen molar-refractivity contribution in [2.24, 2.45) is 10.4 Å². The molecule has 0 amide bonds. The van der Waals surface area contributed by atoms with Gasteiger partial charge in [-0.2, -0.15) is 0 Å². The van der Waals surface area contributed by atoms with Gasteiger partial charge in [0.05, 0.1) is 6.61 Å². The van der Waals surface area contributed by atoms with Gasteiger partial charge in [-0.15, -0.1) is 24.0 Å². The van der Waals surface area contributed by atoms with E-state index in [9.17, 15) is 0 Å². The first-order chi connectivity index (χ1) is 10.7. The number of likely N-dealkylation sites (tertiary alicyclic amines) is 1. The first kappa shape index (κ1) is 18.7. The maximum absolute atomic E-state index is 5.80. The molecule has 1 aromatic rings. The van der Waals surface area contributed by atoms with E-state index in [0.29, 0.717) is 10.6 Å². The van der Waals surface area contributed by atoms with Gasteiger partial charge in [-0.3, -0.25) is 4.99 Å². The molecule has 2 saturated heterocycles. The molecule has 1 aromatic heterocycles.